The second kappa shape index (κ2) is 11.2. The summed E-state index contributed by atoms with van der Waals surface area (Å²) in [7, 11) is 0. The fourth-order valence-corrected chi connectivity index (χ4v) is 5.09. The summed E-state index contributed by atoms with van der Waals surface area (Å²) in [6.45, 7) is 4.98. The molecule has 0 saturated heterocycles. The summed E-state index contributed by atoms with van der Waals surface area (Å²) < 4.78 is 7.05. The van der Waals surface area contributed by atoms with Gasteiger partial charge in [-0.15, -0.1) is 5.10 Å². The number of hydrogen-bond donors (Lipinski definition) is 1. The van der Waals surface area contributed by atoms with Crippen LogP contribution in [0.3, 0.4) is 0 Å². The molecular formula is C25H29BrN4O2S. The zero-order valence-corrected chi connectivity index (χ0v) is 21.4. The van der Waals surface area contributed by atoms with E-state index in [0.717, 1.165) is 64.2 Å². The Bertz CT molecular complexity index is 1170. The van der Waals surface area contributed by atoms with Gasteiger partial charge in [-0.25, -0.2) is 5.01 Å². The molecule has 0 bridgehead atoms. The lowest BCUT2D eigenvalue weighted by atomic mass is 10.1. The van der Waals surface area contributed by atoms with Gasteiger partial charge in [0.05, 0.1) is 12.0 Å². The Hall–Kier alpha value is -2.32. The van der Waals surface area contributed by atoms with Crippen LogP contribution < -0.4 is 20.6 Å². The highest BCUT2D eigenvalue weighted by molar-refractivity contribution is 9.10. The number of nitrogens with zero attached hydrogens (tertiary/aromatic N) is 3. The van der Waals surface area contributed by atoms with E-state index < -0.39 is 6.17 Å². The molecule has 4 rings (SSSR count). The number of fused-ring (bicyclic) bond motifs is 2. The minimum atomic E-state index is -0.483. The summed E-state index contributed by atoms with van der Waals surface area (Å²) in [5.41, 5.74) is 1.41. The quantitative estimate of drug-likeness (QED) is 0.479. The lowest BCUT2D eigenvalue weighted by molar-refractivity contribution is -0.116. The summed E-state index contributed by atoms with van der Waals surface area (Å²) >= 11 is 5.10. The van der Waals surface area contributed by atoms with Gasteiger partial charge in [0.2, 0.25) is 0 Å². The zero-order chi connectivity index (χ0) is 23.2. The van der Waals surface area contributed by atoms with Crippen LogP contribution in [-0.2, 0) is 4.79 Å². The van der Waals surface area contributed by atoms with E-state index in [1.54, 1.807) is 16.8 Å². The van der Waals surface area contributed by atoms with Crippen LogP contribution in [0, 0.1) is 0 Å². The number of unbranched alkanes of at least 4 members (excludes halogenated alkanes) is 3. The van der Waals surface area contributed by atoms with Crippen molar-refractivity contribution in [3.05, 3.63) is 63.1 Å². The molecule has 1 amide bonds. The standard InChI is InChI=1S/C25H29BrN4O2S/c1-3-5-9-14-32-21-11-8-7-10-18(21)23-27-20-13-12-17(26)16-19(20)22-24(31)28-25(29-30(22)23)33-15-6-4-2/h7-8,10-13,16,23H,3-6,9,14-15H2,1-2H3,(H,28,29,31)/t23-/m1/s1. The first-order valence-corrected chi connectivity index (χ1v) is 13.3. The number of carbonyl (C=O) groups is 1. The summed E-state index contributed by atoms with van der Waals surface area (Å²) in [5.74, 6) is 1.52. The van der Waals surface area contributed by atoms with Crippen LogP contribution >= 0.6 is 27.7 Å². The van der Waals surface area contributed by atoms with Crippen molar-refractivity contribution in [3.8, 4) is 5.75 Å². The summed E-state index contributed by atoms with van der Waals surface area (Å²) in [6, 6.07) is 13.7. The lowest BCUT2D eigenvalue weighted by Crippen LogP contribution is -2.50. The molecule has 0 aliphatic carbocycles. The van der Waals surface area contributed by atoms with Gasteiger partial charge in [-0.05, 0) is 37.1 Å². The topological polar surface area (TPSA) is 66.3 Å². The number of ether oxygens (including phenoxy) is 1. The highest BCUT2D eigenvalue weighted by Gasteiger charge is 2.35. The van der Waals surface area contributed by atoms with Crippen LogP contribution in [0.2, 0.25) is 0 Å². The Kier molecular flexibility index (Phi) is 8.09. The number of rotatable bonds is 9. The van der Waals surface area contributed by atoms with Gasteiger partial charge >= 0.3 is 0 Å². The van der Waals surface area contributed by atoms with Crippen molar-refractivity contribution in [3.63, 3.8) is 0 Å². The third-order valence-electron chi connectivity index (χ3n) is 5.51. The molecule has 0 fully saturated rings. The number of hydrazone groups is 1. The molecule has 2 aromatic carbocycles. The Labute approximate surface area is 207 Å². The molecule has 2 aliphatic heterocycles. The Morgan fingerprint density at radius 3 is 2.76 bits per heavy atom. The molecular weight excluding hydrogens is 500 g/mol. The molecule has 0 aromatic heterocycles. The summed E-state index contributed by atoms with van der Waals surface area (Å²) in [6.07, 6.45) is 4.95. The maximum Gasteiger partial charge on any atom is 0.276 e. The van der Waals surface area contributed by atoms with E-state index in [1.165, 1.54) is 0 Å². The van der Waals surface area contributed by atoms with Crippen molar-refractivity contribution in [2.45, 2.75) is 52.1 Å². The van der Waals surface area contributed by atoms with E-state index in [4.69, 9.17) is 14.8 Å². The number of halogens is 1. The number of thioether (sulfide) groups is 1. The molecule has 1 N–H and O–H groups in total. The van der Waals surface area contributed by atoms with E-state index in [0.29, 0.717) is 17.5 Å². The molecule has 6 nitrogen and oxygen atoms in total. The second-order valence-corrected chi connectivity index (χ2v) is 10.0. The van der Waals surface area contributed by atoms with Gasteiger partial charge in [0.25, 0.3) is 5.91 Å². The highest BCUT2D eigenvalue weighted by Crippen LogP contribution is 2.35. The van der Waals surface area contributed by atoms with Crippen LogP contribution in [-0.4, -0.2) is 28.4 Å². The van der Waals surface area contributed by atoms with Gasteiger partial charge in [0, 0.05) is 21.0 Å². The maximum absolute atomic E-state index is 13.3. The van der Waals surface area contributed by atoms with Gasteiger partial charge in [-0.1, -0.05) is 79.0 Å². The number of hydrogen-bond acceptors (Lipinski definition) is 6. The molecule has 33 heavy (non-hydrogen) atoms. The predicted molar refractivity (Wildman–Crippen MR) is 137 cm³/mol. The minimum absolute atomic E-state index is 0.162. The van der Waals surface area contributed by atoms with Crippen molar-refractivity contribution in [2.75, 3.05) is 12.4 Å². The van der Waals surface area contributed by atoms with Gasteiger partial charge < -0.3 is 4.74 Å². The minimum Gasteiger partial charge on any atom is -0.493 e. The van der Waals surface area contributed by atoms with Crippen molar-refractivity contribution in [1.29, 1.82) is 0 Å². The smallest absolute Gasteiger partial charge is 0.276 e. The van der Waals surface area contributed by atoms with Crippen LogP contribution in [0.25, 0.3) is 5.70 Å². The van der Waals surface area contributed by atoms with Gasteiger partial charge in [-0.2, -0.15) is 0 Å². The molecule has 0 spiro atoms. The van der Waals surface area contributed by atoms with E-state index in [-0.39, 0.29) is 5.91 Å². The number of amidine groups is 1. The number of amides is 1. The number of benzene rings is 2. The SMILES string of the molecule is CCCCCOc1ccccc1[C@@H]1N=c2ccc(Br)cc2=C2C(=O)NC(SCCCC)=NN21. The number of para-hydroxylation sites is 1. The molecule has 8 heteroatoms. The zero-order valence-electron chi connectivity index (χ0n) is 19.0. The average Bonchev–Trinajstić information content (AvgIpc) is 2.82. The predicted octanol–water partition coefficient (Wildman–Crippen LogP) is 4.69. The third-order valence-corrected chi connectivity index (χ3v) is 6.95. The van der Waals surface area contributed by atoms with Crippen LogP contribution in [0.1, 0.15) is 57.7 Å². The van der Waals surface area contributed by atoms with E-state index >= 15 is 0 Å². The molecule has 2 aliphatic rings. The van der Waals surface area contributed by atoms with Crippen LogP contribution in [0.4, 0.5) is 0 Å². The summed E-state index contributed by atoms with van der Waals surface area (Å²) in [4.78, 5) is 18.3. The Morgan fingerprint density at radius 1 is 1.12 bits per heavy atom. The molecule has 174 valence electrons. The summed E-state index contributed by atoms with van der Waals surface area (Å²) in [5, 5.41) is 11.7. The fourth-order valence-electron chi connectivity index (χ4n) is 3.79. The van der Waals surface area contributed by atoms with Crippen molar-refractivity contribution in [2.24, 2.45) is 10.1 Å². The molecule has 0 unspecified atom stereocenters. The lowest BCUT2D eigenvalue weighted by Gasteiger charge is -2.34. The van der Waals surface area contributed by atoms with E-state index in [1.807, 2.05) is 42.5 Å². The first kappa shape index (κ1) is 23.8. The van der Waals surface area contributed by atoms with Gasteiger partial charge in [-0.3, -0.25) is 15.1 Å². The molecule has 0 radical (unpaired) electrons. The molecule has 0 saturated carbocycles. The van der Waals surface area contributed by atoms with Crippen LogP contribution in [0.5, 0.6) is 5.75 Å². The Morgan fingerprint density at radius 2 is 1.94 bits per heavy atom. The largest absolute Gasteiger partial charge is 0.493 e. The van der Waals surface area contributed by atoms with Crippen molar-refractivity contribution in [1.82, 2.24) is 10.3 Å². The van der Waals surface area contributed by atoms with Crippen molar-refractivity contribution < 1.29 is 9.53 Å². The van der Waals surface area contributed by atoms with Gasteiger partial charge in [0.1, 0.15) is 11.4 Å². The normalized spacial score (nSPS) is 17.0. The molecule has 1 atom stereocenters. The highest BCUT2D eigenvalue weighted by atomic mass is 79.9. The average molecular weight is 530 g/mol. The molecule has 2 heterocycles. The van der Waals surface area contributed by atoms with Crippen molar-refractivity contribution >= 4 is 44.5 Å². The third kappa shape index (κ3) is 5.44. The fraction of sp³-hybridized carbons (Fsp3) is 0.400. The number of nitrogens with one attached hydrogen (secondary N) is 1. The first-order valence-electron chi connectivity index (χ1n) is 11.5. The van der Waals surface area contributed by atoms with E-state index in [2.05, 4.69) is 35.1 Å². The van der Waals surface area contributed by atoms with E-state index in [9.17, 15) is 4.79 Å². The van der Waals surface area contributed by atoms with Gasteiger partial charge in [0.15, 0.2) is 11.3 Å². The second-order valence-electron chi connectivity index (χ2n) is 8.01. The first-order chi connectivity index (χ1) is 16.1. The monoisotopic (exact) mass is 528 g/mol. The van der Waals surface area contributed by atoms with Crippen LogP contribution in [0.15, 0.2) is 57.0 Å². The molecule has 2 aromatic rings. The Balaban J connectivity index is 1.78. The maximum atomic E-state index is 13.3. The number of carbonyl (C=O) groups excluding carboxylic acids is 1.